The fraction of sp³-hybridized carbons (Fsp3) is 0.0714. The van der Waals surface area contributed by atoms with Crippen LogP contribution in [0.25, 0.3) is 0 Å². The van der Waals surface area contributed by atoms with E-state index in [1.54, 1.807) is 36.4 Å². The molecule has 0 aliphatic rings. The van der Waals surface area contributed by atoms with Crippen molar-refractivity contribution in [3.05, 3.63) is 54.1 Å². The Hall–Kier alpha value is -2.54. The zero-order valence-corrected chi connectivity index (χ0v) is 12.1. The lowest BCUT2D eigenvalue weighted by Gasteiger charge is -2.12. The van der Waals surface area contributed by atoms with Crippen LogP contribution in [-0.4, -0.2) is 21.4 Å². The van der Waals surface area contributed by atoms with Crippen molar-refractivity contribution in [2.75, 3.05) is 11.8 Å². The second-order valence-electron chi connectivity index (χ2n) is 4.24. The standard InChI is InChI=1S/C14H15N3O3S/c1-20-10-6-8-11(9-7-10)21(18,19)17-13-5-3-2-4-12(13)14(15)16/h2-9,17H,1H3,(H3,15,16). The van der Waals surface area contributed by atoms with E-state index < -0.39 is 10.0 Å². The molecule has 2 aromatic rings. The first-order chi connectivity index (χ1) is 9.94. The molecule has 0 unspecified atom stereocenters. The first kappa shape index (κ1) is 14.9. The van der Waals surface area contributed by atoms with Crippen LogP contribution in [0.1, 0.15) is 5.56 Å². The van der Waals surface area contributed by atoms with Crippen molar-refractivity contribution >= 4 is 21.5 Å². The topological polar surface area (TPSA) is 105 Å². The fourth-order valence-electron chi connectivity index (χ4n) is 1.77. The van der Waals surface area contributed by atoms with Gasteiger partial charge in [0.1, 0.15) is 11.6 Å². The first-order valence-electron chi connectivity index (χ1n) is 6.04. The molecule has 110 valence electrons. The molecule has 0 heterocycles. The Morgan fingerprint density at radius 3 is 2.33 bits per heavy atom. The van der Waals surface area contributed by atoms with E-state index in [4.69, 9.17) is 15.9 Å². The van der Waals surface area contributed by atoms with Gasteiger partial charge in [0, 0.05) is 5.56 Å². The average Bonchev–Trinajstić information content (AvgIpc) is 2.47. The molecule has 6 nitrogen and oxygen atoms in total. The molecule has 0 spiro atoms. The highest BCUT2D eigenvalue weighted by Crippen LogP contribution is 2.21. The van der Waals surface area contributed by atoms with Crippen LogP contribution in [0.5, 0.6) is 5.75 Å². The average molecular weight is 305 g/mol. The Morgan fingerprint density at radius 1 is 1.14 bits per heavy atom. The summed E-state index contributed by atoms with van der Waals surface area (Å²) in [5.74, 6) is 0.362. The number of nitrogens with two attached hydrogens (primary N) is 1. The van der Waals surface area contributed by atoms with Crippen LogP contribution in [0.15, 0.2) is 53.4 Å². The molecular formula is C14H15N3O3S. The predicted molar refractivity (Wildman–Crippen MR) is 81.3 cm³/mol. The number of sulfonamides is 1. The van der Waals surface area contributed by atoms with Gasteiger partial charge in [0.25, 0.3) is 10.0 Å². The summed E-state index contributed by atoms with van der Waals surface area (Å²) in [6.45, 7) is 0. The number of anilines is 1. The summed E-state index contributed by atoms with van der Waals surface area (Å²) < 4.78 is 32.0. The third-order valence-electron chi connectivity index (χ3n) is 2.83. The highest BCUT2D eigenvalue weighted by Gasteiger charge is 2.16. The van der Waals surface area contributed by atoms with Gasteiger partial charge in [-0.2, -0.15) is 0 Å². The SMILES string of the molecule is COc1ccc(S(=O)(=O)Nc2ccccc2C(=N)N)cc1. The van der Waals surface area contributed by atoms with Gasteiger partial charge in [0.2, 0.25) is 0 Å². The molecule has 0 amide bonds. The van der Waals surface area contributed by atoms with E-state index in [-0.39, 0.29) is 16.4 Å². The molecule has 2 rings (SSSR count). The van der Waals surface area contributed by atoms with E-state index in [1.165, 1.54) is 19.2 Å². The lowest BCUT2D eigenvalue weighted by atomic mass is 10.2. The van der Waals surface area contributed by atoms with Crippen LogP contribution < -0.4 is 15.2 Å². The highest BCUT2D eigenvalue weighted by molar-refractivity contribution is 7.92. The van der Waals surface area contributed by atoms with Gasteiger partial charge in [0.05, 0.1) is 17.7 Å². The number of ether oxygens (including phenoxy) is 1. The molecule has 0 aliphatic heterocycles. The second-order valence-corrected chi connectivity index (χ2v) is 5.92. The van der Waals surface area contributed by atoms with Crippen LogP contribution in [0.2, 0.25) is 0 Å². The summed E-state index contributed by atoms with van der Waals surface area (Å²) in [7, 11) is -2.25. The summed E-state index contributed by atoms with van der Waals surface area (Å²) >= 11 is 0. The molecule has 0 saturated heterocycles. The van der Waals surface area contributed by atoms with Crippen molar-refractivity contribution in [3.8, 4) is 5.75 Å². The molecular weight excluding hydrogens is 290 g/mol. The Labute approximate surface area is 123 Å². The molecule has 4 N–H and O–H groups in total. The van der Waals surface area contributed by atoms with Crippen molar-refractivity contribution in [2.24, 2.45) is 5.73 Å². The van der Waals surface area contributed by atoms with E-state index in [0.29, 0.717) is 11.3 Å². The van der Waals surface area contributed by atoms with E-state index in [0.717, 1.165) is 0 Å². The van der Waals surface area contributed by atoms with Crippen LogP contribution >= 0.6 is 0 Å². The largest absolute Gasteiger partial charge is 0.497 e. The minimum atomic E-state index is -3.75. The molecule has 0 bridgehead atoms. The van der Waals surface area contributed by atoms with Gasteiger partial charge in [-0.25, -0.2) is 8.42 Å². The maximum absolute atomic E-state index is 12.3. The fourth-order valence-corrected chi connectivity index (χ4v) is 2.85. The Bertz CT molecular complexity index is 755. The molecule has 0 fully saturated rings. The summed E-state index contributed by atoms with van der Waals surface area (Å²) in [6.07, 6.45) is 0. The van der Waals surface area contributed by atoms with Crippen molar-refractivity contribution in [1.29, 1.82) is 5.41 Å². The number of methoxy groups -OCH3 is 1. The van der Waals surface area contributed by atoms with Gasteiger partial charge in [-0.15, -0.1) is 0 Å². The maximum Gasteiger partial charge on any atom is 0.261 e. The molecule has 21 heavy (non-hydrogen) atoms. The lowest BCUT2D eigenvalue weighted by Crippen LogP contribution is -2.18. The molecule has 0 aliphatic carbocycles. The van der Waals surface area contributed by atoms with E-state index in [2.05, 4.69) is 4.72 Å². The van der Waals surface area contributed by atoms with Crippen LogP contribution in [0.3, 0.4) is 0 Å². The molecule has 0 saturated carbocycles. The van der Waals surface area contributed by atoms with E-state index in [1.807, 2.05) is 0 Å². The second kappa shape index (κ2) is 5.84. The van der Waals surface area contributed by atoms with Crippen LogP contribution in [0.4, 0.5) is 5.69 Å². The van der Waals surface area contributed by atoms with Gasteiger partial charge in [0.15, 0.2) is 0 Å². The zero-order valence-electron chi connectivity index (χ0n) is 11.3. The smallest absolute Gasteiger partial charge is 0.261 e. The Morgan fingerprint density at radius 2 is 1.76 bits per heavy atom. The zero-order chi connectivity index (χ0) is 15.5. The number of nitrogen functional groups attached to an aromatic ring is 1. The van der Waals surface area contributed by atoms with E-state index >= 15 is 0 Å². The monoisotopic (exact) mass is 305 g/mol. The minimum absolute atomic E-state index is 0.0988. The molecule has 0 aromatic heterocycles. The Kier molecular flexibility index (Phi) is 4.13. The van der Waals surface area contributed by atoms with Gasteiger partial charge >= 0.3 is 0 Å². The number of benzene rings is 2. The van der Waals surface area contributed by atoms with Gasteiger partial charge in [-0.05, 0) is 36.4 Å². The number of nitrogens with one attached hydrogen (secondary N) is 2. The number of rotatable bonds is 5. The Balaban J connectivity index is 2.35. The van der Waals surface area contributed by atoms with Gasteiger partial charge < -0.3 is 10.5 Å². The number of hydrogen-bond donors (Lipinski definition) is 3. The quantitative estimate of drug-likeness (QED) is 0.578. The van der Waals surface area contributed by atoms with Crippen molar-refractivity contribution in [3.63, 3.8) is 0 Å². The van der Waals surface area contributed by atoms with Gasteiger partial charge in [-0.3, -0.25) is 10.1 Å². The molecule has 0 radical (unpaired) electrons. The third kappa shape index (κ3) is 3.32. The van der Waals surface area contributed by atoms with Crippen molar-refractivity contribution in [1.82, 2.24) is 0 Å². The summed E-state index contributed by atoms with van der Waals surface area (Å²) in [5, 5.41) is 7.47. The van der Waals surface area contributed by atoms with Crippen molar-refractivity contribution in [2.45, 2.75) is 4.90 Å². The van der Waals surface area contributed by atoms with E-state index in [9.17, 15) is 8.42 Å². The minimum Gasteiger partial charge on any atom is -0.497 e. The summed E-state index contributed by atoms with van der Waals surface area (Å²) in [5.41, 5.74) is 6.03. The van der Waals surface area contributed by atoms with Crippen LogP contribution in [0, 0.1) is 5.41 Å². The third-order valence-corrected chi connectivity index (χ3v) is 4.21. The number of amidine groups is 1. The van der Waals surface area contributed by atoms with Crippen molar-refractivity contribution < 1.29 is 13.2 Å². The van der Waals surface area contributed by atoms with Crippen LogP contribution in [-0.2, 0) is 10.0 Å². The first-order valence-corrected chi connectivity index (χ1v) is 7.52. The lowest BCUT2D eigenvalue weighted by molar-refractivity contribution is 0.414. The molecule has 0 atom stereocenters. The number of hydrogen-bond acceptors (Lipinski definition) is 4. The highest BCUT2D eigenvalue weighted by atomic mass is 32.2. The predicted octanol–water partition coefficient (Wildman–Crippen LogP) is 1.78. The summed E-state index contributed by atoms with van der Waals surface area (Å²) in [6, 6.07) is 12.5. The maximum atomic E-state index is 12.3. The van der Waals surface area contributed by atoms with Gasteiger partial charge in [-0.1, -0.05) is 12.1 Å². The molecule has 7 heteroatoms. The number of para-hydroxylation sites is 1. The summed E-state index contributed by atoms with van der Waals surface area (Å²) in [4.78, 5) is 0.0988. The normalized spacial score (nSPS) is 10.9. The molecule has 2 aromatic carbocycles.